The molecule has 7 heteroatoms. The fourth-order valence-corrected chi connectivity index (χ4v) is 4.70. The number of carbonyl (C=O) groups excluding carboxylic acids is 2. The Hall–Kier alpha value is -3.45. The molecule has 1 saturated heterocycles. The molecule has 0 unspecified atom stereocenters. The quantitative estimate of drug-likeness (QED) is 0.591. The zero-order valence-corrected chi connectivity index (χ0v) is 18.8. The maximum Gasteiger partial charge on any atom is 0.338 e. The summed E-state index contributed by atoms with van der Waals surface area (Å²) in [5.41, 5.74) is 5.81. The third-order valence-electron chi connectivity index (χ3n) is 6.80. The van der Waals surface area contributed by atoms with Crippen molar-refractivity contribution in [3.63, 3.8) is 0 Å². The van der Waals surface area contributed by atoms with Crippen LogP contribution in [0, 0.1) is 6.92 Å². The number of hydrogen-bond acceptors (Lipinski definition) is 5. The van der Waals surface area contributed by atoms with Gasteiger partial charge < -0.3 is 15.0 Å². The van der Waals surface area contributed by atoms with Crippen LogP contribution in [-0.4, -0.2) is 52.2 Å². The molecular formula is C26H28N4O3. The molecule has 0 atom stereocenters. The van der Waals surface area contributed by atoms with Crippen LogP contribution in [0.5, 0.6) is 0 Å². The molecule has 2 aliphatic rings. The standard InChI is InChI=1S/C26H28N4O3/c1-18-19(5-8-23-24(18)17-33-26(23)32)9-14-29-15-10-21(11-16-29)28-25(31)20-3-6-22(7-4-20)30-13-2-12-27-30/h2-8,12-13,21H,9-11,14-17H2,1H3,(H,28,31). The topological polar surface area (TPSA) is 76.5 Å². The Morgan fingerprint density at radius 3 is 2.67 bits per heavy atom. The predicted molar refractivity (Wildman–Crippen MR) is 124 cm³/mol. The van der Waals surface area contributed by atoms with E-state index in [0.717, 1.165) is 50.1 Å². The lowest BCUT2D eigenvalue weighted by atomic mass is 9.96. The van der Waals surface area contributed by atoms with Gasteiger partial charge in [0.05, 0.1) is 11.3 Å². The van der Waals surface area contributed by atoms with Gasteiger partial charge in [0.15, 0.2) is 0 Å². The largest absolute Gasteiger partial charge is 0.457 e. The van der Waals surface area contributed by atoms with Crippen molar-refractivity contribution in [1.82, 2.24) is 20.0 Å². The minimum atomic E-state index is -0.211. The molecule has 5 rings (SSSR count). The second kappa shape index (κ2) is 9.19. The molecule has 1 aromatic heterocycles. The number of fused-ring (bicyclic) bond motifs is 1. The summed E-state index contributed by atoms with van der Waals surface area (Å²) in [4.78, 5) is 26.9. The van der Waals surface area contributed by atoms with Crippen molar-refractivity contribution in [3.05, 3.63) is 82.7 Å². The number of cyclic esters (lactones) is 1. The second-order valence-corrected chi connectivity index (χ2v) is 8.79. The maximum absolute atomic E-state index is 12.7. The molecule has 0 radical (unpaired) electrons. The van der Waals surface area contributed by atoms with Crippen molar-refractivity contribution >= 4 is 11.9 Å². The van der Waals surface area contributed by atoms with E-state index in [9.17, 15) is 9.59 Å². The number of esters is 1. The highest BCUT2D eigenvalue weighted by Crippen LogP contribution is 2.26. The summed E-state index contributed by atoms with van der Waals surface area (Å²) < 4.78 is 6.94. The molecule has 2 aromatic carbocycles. The number of rotatable bonds is 6. The van der Waals surface area contributed by atoms with E-state index < -0.39 is 0 Å². The average molecular weight is 445 g/mol. The van der Waals surface area contributed by atoms with E-state index in [0.29, 0.717) is 17.7 Å². The van der Waals surface area contributed by atoms with Crippen molar-refractivity contribution in [3.8, 4) is 5.69 Å². The van der Waals surface area contributed by atoms with E-state index in [1.165, 1.54) is 11.1 Å². The van der Waals surface area contributed by atoms with E-state index in [4.69, 9.17) is 4.74 Å². The summed E-state index contributed by atoms with van der Waals surface area (Å²) >= 11 is 0. The average Bonchev–Trinajstić information content (AvgIpc) is 3.51. The first kappa shape index (κ1) is 21.4. The first-order chi connectivity index (χ1) is 16.1. The number of amides is 1. The van der Waals surface area contributed by atoms with E-state index in [2.05, 4.69) is 28.3 Å². The Balaban J connectivity index is 1.10. The summed E-state index contributed by atoms with van der Waals surface area (Å²) in [7, 11) is 0. The van der Waals surface area contributed by atoms with Crippen LogP contribution in [0.15, 0.2) is 54.9 Å². The summed E-state index contributed by atoms with van der Waals surface area (Å²) in [6, 6.07) is 13.5. The predicted octanol–water partition coefficient (Wildman–Crippen LogP) is 3.29. The van der Waals surface area contributed by atoms with Crippen LogP contribution >= 0.6 is 0 Å². The lowest BCUT2D eigenvalue weighted by Gasteiger charge is -2.32. The lowest BCUT2D eigenvalue weighted by Crippen LogP contribution is -2.45. The minimum absolute atomic E-state index is 0.0222. The van der Waals surface area contributed by atoms with Gasteiger partial charge in [-0.05, 0) is 73.7 Å². The molecule has 33 heavy (non-hydrogen) atoms. The molecule has 0 saturated carbocycles. The summed E-state index contributed by atoms with van der Waals surface area (Å²) in [6.07, 6.45) is 6.46. The molecule has 1 fully saturated rings. The summed E-state index contributed by atoms with van der Waals surface area (Å²) in [5.74, 6) is -0.233. The Morgan fingerprint density at radius 1 is 1.15 bits per heavy atom. The Morgan fingerprint density at radius 2 is 1.94 bits per heavy atom. The minimum Gasteiger partial charge on any atom is -0.457 e. The zero-order valence-electron chi connectivity index (χ0n) is 18.8. The first-order valence-corrected chi connectivity index (χ1v) is 11.5. The zero-order chi connectivity index (χ0) is 22.8. The number of piperidine rings is 1. The van der Waals surface area contributed by atoms with Crippen molar-refractivity contribution in [2.75, 3.05) is 19.6 Å². The van der Waals surface area contributed by atoms with Crippen LogP contribution in [0.4, 0.5) is 0 Å². The monoisotopic (exact) mass is 444 g/mol. The SMILES string of the molecule is Cc1c(CCN2CCC(NC(=O)c3ccc(-n4cccn4)cc3)CC2)ccc2c1COC2=O. The van der Waals surface area contributed by atoms with Crippen molar-refractivity contribution in [1.29, 1.82) is 0 Å². The van der Waals surface area contributed by atoms with Gasteiger partial charge in [-0.2, -0.15) is 5.10 Å². The summed E-state index contributed by atoms with van der Waals surface area (Å²) in [5, 5.41) is 7.40. The van der Waals surface area contributed by atoms with Gasteiger partial charge in [-0.3, -0.25) is 4.79 Å². The van der Waals surface area contributed by atoms with Gasteiger partial charge in [-0.25, -0.2) is 9.48 Å². The summed E-state index contributed by atoms with van der Waals surface area (Å²) in [6.45, 7) is 5.39. The molecule has 170 valence electrons. The highest BCUT2D eigenvalue weighted by atomic mass is 16.5. The van der Waals surface area contributed by atoms with Crippen LogP contribution in [0.2, 0.25) is 0 Å². The van der Waals surface area contributed by atoms with Gasteiger partial charge in [-0.1, -0.05) is 6.07 Å². The smallest absolute Gasteiger partial charge is 0.338 e. The second-order valence-electron chi connectivity index (χ2n) is 8.79. The van der Waals surface area contributed by atoms with Crippen LogP contribution in [0.3, 0.4) is 0 Å². The molecule has 0 bridgehead atoms. The maximum atomic E-state index is 12.7. The fourth-order valence-electron chi connectivity index (χ4n) is 4.70. The lowest BCUT2D eigenvalue weighted by molar-refractivity contribution is 0.0534. The van der Waals surface area contributed by atoms with Crippen LogP contribution in [0.25, 0.3) is 5.69 Å². The van der Waals surface area contributed by atoms with E-state index in [1.54, 1.807) is 10.9 Å². The van der Waals surface area contributed by atoms with Crippen LogP contribution in [-0.2, 0) is 17.8 Å². The van der Waals surface area contributed by atoms with Crippen molar-refractivity contribution < 1.29 is 14.3 Å². The molecule has 0 aliphatic carbocycles. The number of nitrogens with zero attached hydrogens (tertiary/aromatic N) is 3. The highest BCUT2D eigenvalue weighted by Gasteiger charge is 2.25. The van der Waals surface area contributed by atoms with Gasteiger partial charge in [0.1, 0.15) is 6.61 Å². The normalized spacial score (nSPS) is 16.5. The molecule has 7 nitrogen and oxygen atoms in total. The van der Waals surface area contributed by atoms with Gasteiger partial charge in [-0.15, -0.1) is 0 Å². The number of likely N-dealkylation sites (tertiary alicyclic amines) is 1. The molecule has 3 aromatic rings. The third kappa shape index (κ3) is 4.54. The van der Waals surface area contributed by atoms with Gasteiger partial charge in [0, 0.05) is 49.2 Å². The number of aromatic nitrogens is 2. The van der Waals surface area contributed by atoms with Gasteiger partial charge in [0.2, 0.25) is 0 Å². The Kier molecular flexibility index (Phi) is 5.96. The Labute approximate surface area is 193 Å². The number of carbonyl (C=O) groups is 2. The van der Waals surface area contributed by atoms with E-state index in [-0.39, 0.29) is 17.9 Å². The highest BCUT2D eigenvalue weighted by molar-refractivity contribution is 5.94. The molecule has 0 spiro atoms. The first-order valence-electron chi connectivity index (χ1n) is 11.5. The molecule has 1 amide bonds. The molecule has 3 heterocycles. The molecule has 2 aliphatic heterocycles. The number of benzene rings is 2. The fraction of sp³-hybridized carbons (Fsp3) is 0.346. The van der Waals surface area contributed by atoms with Crippen molar-refractivity contribution in [2.24, 2.45) is 0 Å². The number of nitrogens with one attached hydrogen (secondary N) is 1. The molecule has 1 N–H and O–H groups in total. The van der Waals surface area contributed by atoms with Gasteiger partial charge in [0.25, 0.3) is 5.91 Å². The van der Waals surface area contributed by atoms with E-state index >= 15 is 0 Å². The Bertz CT molecular complexity index is 1150. The number of ether oxygens (including phenoxy) is 1. The molecular weight excluding hydrogens is 416 g/mol. The van der Waals surface area contributed by atoms with Crippen molar-refractivity contribution in [2.45, 2.75) is 38.8 Å². The van der Waals surface area contributed by atoms with E-state index in [1.807, 2.05) is 42.6 Å². The van der Waals surface area contributed by atoms with Crippen LogP contribution in [0.1, 0.15) is 50.2 Å². The van der Waals surface area contributed by atoms with Crippen LogP contribution < -0.4 is 5.32 Å². The van der Waals surface area contributed by atoms with Gasteiger partial charge >= 0.3 is 5.97 Å². The number of hydrogen-bond donors (Lipinski definition) is 1. The third-order valence-corrected chi connectivity index (χ3v) is 6.80.